The number of hydrogen-bond acceptors (Lipinski definition) is 3. The number of hydrogen-bond donors (Lipinski definition) is 1. The molecule has 128 valence electrons. The van der Waals surface area contributed by atoms with Gasteiger partial charge in [0.25, 0.3) is 0 Å². The molecule has 0 aliphatic carbocycles. The normalized spacial score (nSPS) is 15.8. The Morgan fingerprint density at radius 2 is 1.71 bits per heavy atom. The molecule has 0 aromatic heterocycles. The Bertz CT molecular complexity index is 689. The number of aryl methyl sites for hydroxylation is 1. The Morgan fingerprint density at radius 3 is 2.33 bits per heavy atom. The highest BCUT2D eigenvalue weighted by molar-refractivity contribution is 5.62. The first kappa shape index (κ1) is 16.8. The molecule has 24 heavy (non-hydrogen) atoms. The number of nitrogens with zero attached hydrogens (tertiary/aromatic N) is 1. The Morgan fingerprint density at radius 1 is 1.04 bits per heavy atom. The molecule has 0 atom stereocenters. The molecular weight excluding hydrogens is 296 g/mol. The summed E-state index contributed by atoms with van der Waals surface area (Å²) in [7, 11) is 0. The van der Waals surface area contributed by atoms with Crippen molar-refractivity contribution in [1.82, 2.24) is 0 Å². The summed E-state index contributed by atoms with van der Waals surface area (Å²) in [5.41, 5.74) is 10.5. The molecule has 1 heterocycles. The van der Waals surface area contributed by atoms with Gasteiger partial charge in [-0.1, -0.05) is 44.2 Å². The van der Waals surface area contributed by atoms with Gasteiger partial charge < -0.3 is 15.4 Å². The van der Waals surface area contributed by atoms with E-state index in [1.807, 2.05) is 0 Å². The maximum atomic E-state index is 6.44. The van der Waals surface area contributed by atoms with E-state index >= 15 is 0 Å². The van der Waals surface area contributed by atoms with Crippen LogP contribution in [-0.4, -0.2) is 12.1 Å². The average molecular weight is 324 g/mol. The zero-order chi connectivity index (χ0) is 17.2. The number of benzene rings is 2. The van der Waals surface area contributed by atoms with E-state index in [1.165, 1.54) is 22.4 Å². The van der Waals surface area contributed by atoms with Crippen LogP contribution in [0.25, 0.3) is 0 Å². The first-order chi connectivity index (χ1) is 11.6. The summed E-state index contributed by atoms with van der Waals surface area (Å²) >= 11 is 0. The van der Waals surface area contributed by atoms with Crippen molar-refractivity contribution in [2.45, 2.75) is 52.3 Å². The van der Waals surface area contributed by atoms with Gasteiger partial charge in [-0.25, -0.2) is 0 Å². The van der Waals surface area contributed by atoms with Gasteiger partial charge >= 0.3 is 0 Å². The van der Waals surface area contributed by atoms with E-state index in [1.54, 1.807) is 0 Å². The molecule has 3 nitrogen and oxygen atoms in total. The van der Waals surface area contributed by atoms with E-state index in [0.29, 0.717) is 6.54 Å². The van der Waals surface area contributed by atoms with Gasteiger partial charge in [-0.15, -0.1) is 0 Å². The van der Waals surface area contributed by atoms with Crippen LogP contribution < -0.4 is 15.4 Å². The van der Waals surface area contributed by atoms with Crippen LogP contribution in [0.5, 0.6) is 5.75 Å². The summed E-state index contributed by atoms with van der Waals surface area (Å²) < 4.78 is 6.44. The molecule has 0 radical (unpaired) electrons. The van der Waals surface area contributed by atoms with E-state index in [-0.39, 0.29) is 5.60 Å². The van der Waals surface area contributed by atoms with Crippen LogP contribution in [0, 0.1) is 6.92 Å². The van der Waals surface area contributed by atoms with Gasteiger partial charge in [0.1, 0.15) is 11.4 Å². The van der Waals surface area contributed by atoms with Crippen molar-refractivity contribution in [3.8, 4) is 5.75 Å². The highest BCUT2D eigenvalue weighted by atomic mass is 16.5. The molecule has 2 N–H and O–H groups in total. The fourth-order valence-electron chi connectivity index (χ4n) is 3.42. The molecule has 2 aromatic carbocycles. The van der Waals surface area contributed by atoms with Crippen LogP contribution in [0.3, 0.4) is 0 Å². The van der Waals surface area contributed by atoms with Crippen LogP contribution in [0.1, 0.15) is 43.4 Å². The van der Waals surface area contributed by atoms with Crippen LogP contribution >= 0.6 is 0 Å². The molecule has 1 aliphatic heterocycles. The van der Waals surface area contributed by atoms with E-state index in [0.717, 1.165) is 31.7 Å². The van der Waals surface area contributed by atoms with Gasteiger partial charge in [-0.3, -0.25) is 0 Å². The van der Waals surface area contributed by atoms with Crippen LogP contribution in [-0.2, 0) is 13.1 Å². The average Bonchev–Trinajstić information content (AvgIpc) is 2.61. The summed E-state index contributed by atoms with van der Waals surface area (Å²) in [4.78, 5) is 2.46. The molecule has 0 amide bonds. The first-order valence-electron chi connectivity index (χ1n) is 8.91. The lowest BCUT2D eigenvalue weighted by Gasteiger charge is -2.44. The van der Waals surface area contributed by atoms with E-state index in [9.17, 15) is 0 Å². The molecule has 0 saturated carbocycles. The zero-order valence-corrected chi connectivity index (χ0v) is 15.0. The third-order valence-corrected chi connectivity index (χ3v) is 5.18. The largest absolute Gasteiger partial charge is 0.483 e. The Labute approximate surface area is 145 Å². The van der Waals surface area contributed by atoms with Crippen molar-refractivity contribution in [2.24, 2.45) is 5.73 Å². The smallest absolute Gasteiger partial charge is 0.143 e. The van der Waals surface area contributed by atoms with Gasteiger partial charge in [0.05, 0.1) is 12.2 Å². The summed E-state index contributed by atoms with van der Waals surface area (Å²) in [6, 6.07) is 15.1. The Hall–Kier alpha value is -2.00. The highest BCUT2D eigenvalue weighted by Crippen LogP contribution is 2.40. The molecule has 0 bridgehead atoms. The molecule has 0 fully saturated rings. The number of anilines is 1. The summed E-state index contributed by atoms with van der Waals surface area (Å²) in [6.45, 7) is 8.97. The fraction of sp³-hybridized carbons (Fsp3) is 0.429. The lowest BCUT2D eigenvalue weighted by atomic mass is 9.93. The molecule has 3 heteroatoms. The monoisotopic (exact) mass is 324 g/mol. The minimum Gasteiger partial charge on any atom is -0.483 e. The van der Waals surface area contributed by atoms with Crippen LogP contribution in [0.4, 0.5) is 5.69 Å². The second kappa shape index (κ2) is 6.86. The number of ether oxygens (including phenoxy) is 1. The van der Waals surface area contributed by atoms with Crippen molar-refractivity contribution in [3.63, 3.8) is 0 Å². The van der Waals surface area contributed by atoms with Crippen molar-refractivity contribution in [3.05, 3.63) is 59.2 Å². The van der Waals surface area contributed by atoms with Crippen molar-refractivity contribution >= 4 is 5.69 Å². The van der Waals surface area contributed by atoms with Crippen LogP contribution in [0.15, 0.2) is 42.5 Å². The number of rotatable bonds is 5. The minimum atomic E-state index is -0.0992. The maximum Gasteiger partial charge on any atom is 0.143 e. The standard InChI is InChI=1S/C21H28N2O/c1-4-21(5-2)15-23(14-18-9-7-17(13-22)8-10-18)19-11-6-16(3)12-20(19)24-21/h6-12H,4-5,13-15,22H2,1-3H3. The van der Waals surface area contributed by atoms with Gasteiger partial charge in [0, 0.05) is 13.1 Å². The third kappa shape index (κ3) is 3.27. The predicted octanol–water partition coefficient (Wildman–Crippen LogP) is 4.41. The lowest BCUT2D eigenvalue weighted by molar-refractivity contribution is 0.0569. The van der Waals surface area contributed by atoms with E-state index < -0.39 is 0 Å². The maximum absolute atomic E-state index is 6.44. The van der Waals surface area contributed by atoms with Crippen molar-refractivity contribution in [1.29, 1.82) is 0 Å². The molecular formula is C21H28N2O. The Kier molecular flexibility index (Phi) is 4.81. The van der Waals surface area contributed by atoms with Crippen molar-refractivity contribution < 1.29 is 4.74 Å². The second-order valence-corrected chi connectivity index (χ2v) is 6.84. The van der Waals surface area contributed by atoms with Gasteiger partial charge in [-0.2, -0.15) is 0 Å². The quantitative estimate of drug-likeness (QED) is 0.885. The lowest BCUT2D eigenvalue weighted by Crippen LogP contribution is -2.50. The zero-order valence-electron chi connectivity index (χ0n) is 15.0. The van der Waals surface area contributed by atoms with Gasteiger partial charge in [0.2, 0.25) is 0 Å². The highest BCUT2D eigenvalue weighted by Gasteiger charge is 2.36. The third-order valence-electron chi connectivity index (χ3n) is 5.18. The number of nitrogens with two attached hydrogens (primary N) is 1. The Balaban J connectivity index is 1.92. The minimum absolute atomic E-state index is 0.0992. The SMILES string of the molecule is CCC1(CC)CN(Cc2ccc(CN)cc2)c2ccc(C)cc2O1. The van der Waals surface area contributed by atoms with Gasteiger partial charge in [0.15, 0.2) is 0 Å². The van der Waals surface area contributed by atoms with Crippen molar-refractivity contribution in [2.75, 3.05) is 11.4 Å². The summed E-state index contributed by atoms with van der Waals surface area (Å²) in [5.74, 6) is 1.02. The van der Waals surface area contributed by atoms with E-state index in [2.05, 4.69) is 68.1 Å². The van der Waals surface area contributed by atoms with Gasteiger partial charge in [-0.05, 0) is 48.6 Å². The van der Waals surface area contributed by atoms with Crippen LogP contribution in [0.2, 0.25) is 0 Å². The molecule has 0 spiro atoms. The fourth-order valence-corrected chi connectivity index (χ4v) is 3.42. The number of fused-ring (bicyclic) bond motifs is 1. The summed E-state index contributed by atoms with van der Waals surface area (Å²) in [5, 5.41) is 0. The topological polar surface area (TPSA) is 38.5 Å². The summed E-state index contributed by atoms with van der Waals surface area (Å²) in [6.07, 6.45) is 2.03. The first-order valence-corrected chi connectivity index (χ1v) is 8.91. The second-order valence-electron chi connectivity index (χ2n) is 6.84. The molecule has 3 rings (SSSR count). The molecule has 1 aliphatic rings. The molecule has 0 saturated heterocycles. The molecule has 0 unspecified atom stereocenters. The predicted molar refractivity (Wildman–Crippen MR) is 101 cm³/mol. The van der Waals surface area contributed by atoms with E-state index in [4.69, 9.17) is 10.5 Å². The molecule has 2 aromatic rings.